The number of anilines is 3. The number of hydrogen-bond acceptors (Lipinski definition) is 2. The third kappa shape index (κ3) is 7.85. The van der Waals surface area contributed by atoms with Gasteiger partial charge in [0.05, 0.1) is 16.5 Å². The quantitative estimate of drug-likeness (QED) is 0.165. The predicted molar refractivity (Wildman–Crippen MR) is 367 cm³/mol. The maximum absolute atomic E-state index is 7.30. The second kappa shape index (κ2) is 19.9. The summed E-state index contributed by atoms with van der Waals surface area (Å²) in [7, 11) is 0. The van der Waals surface area contributed by atoms with Crippen molar-refractivity contribution in [2.24, 2.45) is 0 Å². The normalized spacial score (nSPS) is 16.7. The largest absolute Gasteiger partial charge is 0.457 e. The van der Waals surface area contributed by atoms with Gasteiger partial charge in [0.25, 0.3) is 0 Å². The molecule has 0 saturated heterocycles. The molecule has 2 spiro atoms. The Morgan fingerprint density at radius 1 is 0.330 bits per heavy atom. The third-order valence-electron chi connectivity index (χ3n) is 21.9. The summed E-state index contributed by atoms with van der Waals surface area (Å²) in [4.78, 5) is 2.64. The van der Waals surface area contributed by atoms with Crippen molar-refractivity contribution >= 4 is 27.8 Å². The van der Waals surface area contributed by atoms with E-state index in [1.54, 1.807) is 0 Å². The molecule has 2 saturated carbocycles. The standard InChI is InChI=1S/C86H77NO/c1-83(2,3)59-38-42-67-68-43-39-60(84(4,5)6)51-75(68)85(74(67)50-59)72-33-18-15-29-65(72)69-44-40-61(52-76(69)85)87(80-35-20-17-31-71(80)64-32-21-27-56-26-13-14-28-63(56)64)62-41-45-70-66-30-16-19-34-73(66)86(77(70)53-62)78-48-57(54-22-9-7-10-23-54)36-46-81(78)88-82-47-37-58(49-79(82)86)55-24-11-8-12-25-55/h13-21,26-55H,7-12,22-25H2,1-6H3. The molecule has 2 fully saturated rings. The van der Waals surface area contributed by atoms with Crippen molar-refractivity contribution in [3.8, 4) is 56.0 Å². The number of nitrogens with zero attached hydrogens (tertiary/aromatic N) is 1. The first-order valence-electron chi connectivity index (χ1n) is 33.0. The number of hydrogen-bond donors (Lipinski definition) is 0. The van der Waals surface area contributed by atoms with Crippen LogP contribution in [-0.4, -0.2) is 0 Å². The first kappa shape index (κ1) is 53.5. The lowest BCUT2D eigenvalue weighted by atomic mass is 9.64. The van der Waals surface area contributed by atoms with Gasteiger partial charge in [-0.05, 0) is 196 Å². The lowest BCUT2D eigenvalue weighted by Gasteiger charge is -2.41. The first-order valence-corrected chi connectivity index (χ1v) is 33.0. The van der Waals surface area contributed by atoms with E-state index >= 15 is 0 Å². The van der Waals surface area contributed by atoms with E-state index in [4.69, 9.17) is 4.74 Å². The SMILES string of the molecule is CC(C)(C)c1ccc2c(c1)C1(c3ccccc3-c3ccc(N(c4ccc5c(c4)C4(c6cc(C7CCCCC7)ccc6Oc6ccc(C7CCCCC7)cc64)c4ccccc4-5)c4ccccc4-c4cccc5ccccc45)cc31)c1cc(C(C)(C)C)ccc1-2. The average molecular weight is 1140 g/mol. The lowest BCUT2D eigenvalue weighted by molar-refractivity contribution is 0.424. The smallest absolute Gasteiger partial charge is 0.132 e. The fraction of sp³-hybridized carbons (Fsp3) is 0.256. The fourth-order valence-electron chi connectivity index (χ4n) is 17.5. The van der Waals surface area contributed by atoms with Gasteiger partial charge in [-0.15, -0.1) is 0 Å². The van der Waals surface area contributed by atoms with Crippen LogP contribution in [0.4, 0.5) is 17.1 Å². The van der Waals surface area contributed by atoms with Gasteiger partial charge in [-0.2, -0.15) is 0 Å². The third-order valence-corrected chi connectivity index (χ3v) is 21.9. The van der Waals surface area contributed by atoms with Crippen LogP contribution < -0.4 is 9.64 Å². The van der Waals surface area contributed by atoms with Gasteiger partial charge >= 0.3 is 0 Å². The molecular formula is C86H77NO. The topological polar surface area (TPSA) is 12.5 Å². The molecule has 88 heavy (non-hydrogen) atoms. The van der Waals surface area contributed by atoms with Crippen LogP contribution in [0.25, 0.3) is 55.3 Å². The summed E-state index contributed by atoms with van der Waals surface area (Å²) in [6.07, 6.45) is 12.7. The highest BCUT2D eigenvalue weighted by Crippen LogP contribution is 2.67. The molecule has 5 aliphatic carbocycles. The molecule has 11 aromatic carbocycles. The summed E-state index contributed by atoms with van der Waals surface area (Å²) < 4.78 is 7.30. The highest BCUT2D eigenvalue weighted by Gasteiger charge is 2.54. The number of benzene rings is 11. The van der Waals surface area contributed by atoms with Gasteiger partial charge in [-0.25, -0.2) is 0 Å². The van der Waals surface area contributed by atoms with Crippen LogP contribution in [0.2, 0.25) is 0 Å². The van der Waals surface area contributed by atoms with E-state index in [-0.39, 0.29) is 10.8 Å². The monoisotopic (exact) mass is 1140 g/mol. The summed E-state index contributed by atoms with van der Waals surface area (Å²) in [6.45, 7) is 14.2. The molecule has 1 aliphatic heterocycles. The van der Waals surface area contributed by atoms with Crippen molar-refractivity contribution < 1.29 is 4.74 Å². The molecule has 0 bridgehead atoms. The summed E-state index contributed by atoms with van der Waals surface area (Å²) in [6, 6.07) is 88.3. The lowest BCUT2D eigenvalue weighted by Crippen LogP contribution is -2.33. The maximum atomic E-state index is 7.30. The van der Waals surface area contributed by atoms with E-state index in [0.717, 1.165) is 28.6 Å². The Labute approximate surface area is 520 Å². The van der Waals surface area contributed by atoms with E-state index in [9.17, 15) is 0 Å². The van der Waals surface area contributed by atoms with Crippen LogP contribution in [0, 0.1) is 0 Å². The molecule has 11 aromatic rings. The van der Waals surface area contributed by atoms with Crippen LogP contribution in [0.15, 0.2) is 224 Å². The maximum Gasteiger partial charge on any atom is 0.132 e. The summed E-state index contributed by atoms with van der Waals surface area (Å²) in [5, 5.41) is 2.47. The molecule has 6 aliphatic rings. The highest BCUT2D eigenvalue weighted by molar-refractivity contribution is 6.03. The number of rotatable bonds is 6. The predicted octanol–water partition coefficient (Wildman–Crippen LogP) is 23.5. The Morgan fingerprint density at radius 3 is 1.26 bits per heavy atom. The molecule has 1 heterocycles. The minimum Gasteiger partial charge on any atom is -0.457 e. The van der Waals surface area contributed by atoms with Crippen molar-refractivity contribution in [2.75, 3.05) is 4.90 Å². The minimum absolute atomic E-state index is 0.0581. The molecule has 0 N–H and O–H groups in total. The van der Waals surface area contributed by atoms with Crippen LogP contribution in [0.3, 0.4) is 0 Å². The van der Waals surface area contributed by atoms with Crippen LogP contribution in [0.1, 0.15) is 184 Å². The van der Waals surface area contributed by atoms with Crippen molar-refractivity contribution in [1.82, 2.24) is 0 Å². The van der Waals surface area contributed by atoms with Gasteiger partial charge in [0, 0.05) is 28.1 Å². The Bertz CT molecular complexity index is 4520. The molecule has 0 amide bonds. The van der Waals surface area contributed by atoms with Crippen LogP contribution in [-0.2, 0) is 21.7 Å². The van der Waals surface area contributed by atoms with Gasteiger partial charge in [0.2, 0.25) is 0 Å². The first-order chi connectivity index (χ1) is 42.9. The summed E-state index contributed by atoms with van der Waals surface area (Å²) in [5.74, 6) is 2.99. The van der Waals surface area contributed by atoms with Crippen molar-refractivity contribution in [1.29, 1.82) is 0 Å². The van der Waals surface area contributed by atoms with Crippen molar-refractivity contribution in [2.45, 2.75) is 139 Å². The highest BCUT2D eigenvalue weighted by atomic mass is 16.5. The Balaban J connectivity index is 0.961. The molecule has 2 heteroatoms. The molecular weight excluding hydrogens is 1060 g/mol. The second-order valence-corrected chi connectivity index (χ2v) is 28.7. The van der Waals surface area contributed by atoms with Gasteiger partial charge in [0.15, 0.2) is 0 Å². The average Bonchev–Trinajstić information content (AvgIpc) is 1.50. The van der Waals surface area contributed by atoms with Crippen molar-refractivity contribution in [3.05, 3.63) is 291 Å². The Hall–Kier alpha value is -8.72. The molecule has 0 radical (unpaired) electrons. The Kier molecular flexibility index (Phi) is 12.1. The van der Waals surface area contributed by atoms with E-state index < -0.39 is 10.8 Å². The van der Waals surface area contributed by atoms with Gasteiger partial charge in [0.1, 0.15) is 11.5 Å². The molecule has 2 nitrogen and oxygen atoms in total. The molecule has 0 unspecified atom stereocenters. The van der Waals surface area contributed by atoms with Crippen LogP contribution in [0.5, 0.6) is 11.5 Å². The van der Waals surface area contributed by atoms with Crippen LogP contribution >= 0.6 is 0 Å². The number of ether oxygens (including phenoxy) is 1. The van der Waals surface area contributed by atoms with E-state index in [1.807, 2.05) is 0 Å². The number of fused-ring (bicyclic) bond motifs is 20. The van der Waals surface area contributed by atoms with Gasteiger partial charge in [-0.1, -0.05) is 262 Å². The van der Waals surface area contributed by atoms with E-state index in [2.05, 4.69) is 271 Å². The zero-order valence-corrected chi connectivity index (χ0v) is 51.9. The van der Waals surface area contributed by atoms with Gasteiger partial charge < -0.3 is 9.64 Å². The van der Waals surface area contributed by atoms with Gasteiger partial charge in [-0.3, -0.25) is 0 Å². The number of para-hydroxylation sites is 1. The van der Waals surface area contributed by atoms with E-state index in [0.29, 0.717) is 11.8 Å². The summed E-state index contributed by atoms with van der Waals surface area (Å²) in [5.41, 5.74) is 28.6. The minimum atomic E-state index is -0.655. The zero-order chi connectivity index (χ0) is 59.3. The molecule has 0 aromatic heterocycles. The van der Waals surface area contributed by atoms with Crippen molar-refractivity contribution in [3.63, 3.8) is 0 Å². The van der Waals surface area contributed by atoms with E-state index in [1.165, 1.54) is 186 Å². The fourth-order valence-corrected chi connectivity index (χ4v) is 17.5. The zero-order valence-electron chi connectivity index (χ0n) is 51.9. The molecule has 17 rings (SSSR count). The second-order valence-electron chi connectivity index (χ2n) is 28.7. The Morgan fingerprint density at radius 2 is 0.739 bits per heavy atom. The summed E-state index contributed by atoms with van der Waals surface area (Å²) >= 11 is 0. The molecule has 432 valence electrons. The molecule has 0 atom stereocenters.